The molecule has 1 aromatic carbocycles. The highest BCUT2D eigenvalue weighted by Crippen LogP contribution is 2.24. The fraction of sp³-hybridized carbons (Fsp3) is 0.593. The van der Waals surface area contributed by atoms with Crippen LogP contribution >= 0.6 is 0 Å². The van der Waals surface area contributed by atoms with Crippen molar-refractivity contribution in [2.75, 3.05) is 26.7 Å². The van der Waals surface area contributed by atoms with Crippen LogP contribution in [0.3, 0.4) is 0 Å². The average molecular weight is 484 g/mol. The Morgan fingerprint density at radius 3 is 2.54 bits per heavy atom. The molecule has 3 atom stereocenters. The minimum atomic E-state index is -0.668. The summed E-state index contributed by atoms with van der Waals surface area (Å²) in [5.74, 6) is 2.58. The second kappa shape index (κ2) is 13.9. The topological polar surface area (TPSA) is 76.2 Å². The number of hydrogen-bond acceptors (Lipinski definition) is 5. The number of hydrogen-bond donors (Lipinski definition) is 1. The third-order valence-corrected chi connectivity index (χ3v) is 6.42. The molecule has 2 rings (SSSR count). The summed E-state index contributed by atoms with van der Waals surface area (Å²) in [4.78, 5) is 42.9. The molecule has 1 saturated heterocycles. The number of amides is 3. The Balaban J connectivity index is 2.43. The molecule has 1 aliphatic rings. The van der Waals surface area contributed by atoms with Crippen molar-refractivity contribution in [2.24, 2.45) is 5.92 Å². The van der Waals surface area contributed by atoms with Gasteiger partial charge in [-0.05, 0) is 38.3 Å². The average Bonchev–Trinajstić information content (AvgIpc) is 2.82. The normalized spacial score (nSPS) is 18.5. The minimum Gasteiger partial charge on any atom is -0.333 e. The quantitative estimate of drug-likeness (QED) is 0.365. The van der Waals surface area contributed by atoms with Crippen molar-refractivity contribution in [3.05, 3.63) is 35.9 Å². The molecule has 192 valence electrons. The van der Waals surface area contributed by atoms with Crippen molar-refractivity contribution in [1.29, 1.82) is 0 Å². The molecule has 0 saturated carbocycles. The molecular formula is C27H41N5O3. The molecule has 0 radical (unpaired) electrons. The van der Waals surface area contributed by atoms with Crippen LogP contribution in [0.4, 0.5) is 4.79 Å². The number of carbonyl (C=O) groups is 3. The van der Waals surface area contributed by atoms with Crippen molar-refractivity contribution in [3.8, 4) is 12.3 Å². The summed E-state index contributed by atoms with van der Waals surface area (Å²) < 4.78 is 0. The first kappa shape index (κ1) is 28.3. The lowest BCUT2D eigenvalue weighted by atomic mass is 10.0. The molecule has 1 heterocycles. The summed E-state index contributed by atoms with van der Waals surface area (Å²) in [5.41, 5.74) is 0.963. The molecule has 0 bridgehead atoms. The highest BCUT2D eigenvalue weighted by atomic mass is 16.2. The number of benzene rings is 1. The molecule has 0 aromatic heterocycles. The number of urea groups is 1. The van der Waals surface area contributed by atoms with Crippen LogP contribution in [0.5, 0.6) is 0 Å². The number of nitrogens with one attached hydrogen (secondary N) is 1. The van der Waals surface area contributed by atoms with Crippen LogP contribution in [0.1, 0.15) is 52.5 Å². The molecule has 1 fully saturated rings. The van der Waals surface area contributed by atoms with Crippen molar-refractivity contribution >= 4 is 18.2 Å². The van der Waals surface area contributed by atoms with E-state index in [1.807, 2.05) is 51.2 Å². The first-order valence-corrected chi connectivity index (χ1v) is 12.5. The smallest absolute Gasteiger partial charge is 0.333 e. The number of aldehydes is 1. The van der Waals surface area contributed by atoms with Gasteiger partial charge in [0.25, 0.3) is 0 Å². The maximum Gasteiger partial charge on any atom is 0.334 e. The van der Waals surface area contributed by atoms with E-state index in [0.29, 0.717) is 19.5 Å². The zero-order chi connectivity index (χ0) is 26.0. The Morgan fingerprint density at radius 1 is 1.29 bits per heavy atom. The van der Waals surface area contributed by atoms with E-state index in [1.54, 1.807) is 14.9 Å². The van der Waals surface area contributed by atoms with Gasteiger partial charge in [0.1, 0.15) is 12.5 Å². The fourth-order valence-corrected chi connectivity index (χ4v) is 4.51. The number of likely N-dealkylation sites (N-methyl/N-ethyl adjacent to an activating group) is 1. The lowest BCUT2D eigenvalue weighted by molar-refractivity contribution is -0.174. The number of nitrogens with zero attached hydrogens (tertiary/aromatic N) is 4. The first-order chi connectivity index (χ1) is 16.7. The Hall–Kier alpha value is -2.89. The van der Waals surface area contributed by atoms with Gasteiger partial charge in [-0.2, -0.15) is 5.01 Å². The molecule has 8 nitrogen and oxygen atoms in total. The van der Waals surface area contributed by atoms with Gasteiger partial charge in [0.05, 0.1) is 19.1 Å². The molecular weight excluding hydrogens is 442 g/mol. The van der Waals surface area contributed by atoms with E-state index < -0.39 is 12.2 Å². The molecule has 2 unspecified atom stereocenters. The number of terminal acetylenes is 1. The van der Waals surface area contributed by atoms with Gasteiger partial charge in [-0.1, -0.05) is 63.4 Å². The summed E-state index contributed by atoms with van der Waals surface area (Å²) in [6.45, 7) is 9.08. The Labute approximate surface area is 210 Å². The van der Waals surface area contributed by atoms with Gasteiger partial charge in [0, 0.05) is 19.1 Å². The van der Waals surface area contributed by atoms with E-state index in [2.05, 4.69) is 30.0 Å². The monoisotopic (exact) mass is 483 g/mol. The number of rotatable bonds is 12. The summed E-state index contributed by atoms with van der Waals surface area (Å²) >= 11 is 0. The third kappa shape index (κ3) is 7.81. The van der Waals surface area contributed by atoms with E-state index in [-0.39, 0.29) is 37.0 Å². The zero-order valence-electron chi connectivity index (χ0n) is 21.8. The van der Waals surface area contributed by atoms with Gasteiger partial charge in [-0.3, -0.25) is 9.69 Å². The van der Waals surface area contributed by atoms with Crippen LogP contribution in [0.25, 0.3) is 0 Å². The molecule has 8 heteroatoms. The van der Waals surface area contributed by atoms with E-state index in [9.17, 15) is 14.4 Å². The van der Waals surface area contributed by atoms with E-state index in [4.69, 9.17) is 6.42 Å². The van der Waals surface area contributed by atoms with Crippen LogP contribution in [-0.2, 0) is 16.1 Å². The standard InChI is InChI=1S/C27H41N5O3/c1-7-12-22(5)29(6)18-25-31(24(20-33)16-21(3)4)26(34)19-30(15-8-2)32(25)27(35)28-17-23-13-10-9-11-14-23/h2,9-11,13-14,20-22,24-25H,7,12,15-19H2,1,3-6H3,(H,28,35)/t22?,24-,25?/m0/s1. The molecule has 35 heavy (non-hydrogen) atoms. The van der Waals surface area contributed by atoms with Gasteiger partial charge in [0.15, 0.2) is 0 Å². The Morgan fingerprint density at radius 2 is 1.97 bits per heavy atom. The largest absolute Gasteiger partial charge is 0.334 e. The van der Waals surface area contributed by atoms with Gasteiger partial charge in [-0.15, -0.1) is 6.42 Å². The highest BCUT2D eigenvalue weighted by Gasteiger charge is 2.45. The van der Waals surface area contributed by atoms with Crippen molar-refractivity contribution in [1.82, 2.24) is 25.1 Å². The van der Waals surface area contributed by atoms with Gasteiger partial charge in [0.2, 0.25) is 5.91 Å². The van der Waals surface area contributed by atoms with Gasteiger partial charge < -0.3 is 15.0 Å². The van der Waals surface area contributed by atoms with Crippen LogP contribution < -0.4 is 5.32 Å². The predicted molar refractivity (Wildman–Crippen MR) is 138 cm³/mol. The molecule has 1 aromatic rings. The zero-order valence-corrected chi connectivity index (χ0v) is 21.8. The van der Waals surface area contributed by atoms with Crippen LogP contribution in [-0.4, -0.2) is 83.0 Å². The fourth-order valence-electron chi connectivity index (χ4n) is 4.51. The summed E-state index contributed by atoms with van der Waals surface area (Å²) in [6, 6.07) is 8.90. The lowest BCUT2D eigenvalue weighted by Gasteiger charge is -2.51. The van der Waals surface area contributed by atoms with Crippen LogP contribution in [0, 0.1) is 18.3 Å². The summed E-state index contributed by atoms with van der Waals surface area (Å²) in [6.07, 6.45) is 8.30. The second-order valence-corrected chi connectivity index (χ2v) is 9.71. The molecule has 3 amide bonds. The number of hydrazine groups is 1. The highest BCUT2D eigenvalue weighted by molar-refractivity contribution is 5.85. The van der Waals surface area contributed by atoms with Crippen LogP contribution in [0.15, 0.2) is 30.3 Å². The molecule has 1 N–H and O–H groups in total. The molecule has 0 aliphatic carbocycles. The maximum atomic E-state index is 13.6. The van der Waals surface area contributed by atoms with E-state index >= 15 is 0 Å². The van der Waals surface area contributed by atoms with Crippen molar-refractivity contribution in [3.63, 3.8) is 0 Å². The Kier molecular flexibility index (Phi) is 11.2. The van der Waals surface area contributed by atoms with Crippen LogP contribution in [0.2, 0.25) is 0 Å². The lowest BCUT2D eigenvalue weighted by Crippen LogP contribution is -2.72. The van der Waals surface area contributed by atoms with E-state index in [0.717, 1.165) is 24.7 Å². The number of carbonyl (C=O) groups excluding carboxylic acids is 3. The third-order valence-electron chi connectivity index (χ3n) is 6.42. The second-order valence-electron chi connectivity index (χ2n) is 9.71. The predicted octanol–water partition coefficient (Wildman–Crippen LogP) is 2.95. The van der Waals surface area contributed by atoms with Crippen molar-refractivity contribution in [2.45, 2.75) is 71.8 Å². The first-order valence-electron chi connectivity index (χ1n) is 12.5. The maximum absolute atomic E-state index is 13.6. The summed E-state index contributed by atoms with van der Waals surface area (Å²) in [7, 11) is 1.99. The minimum absolute atomic E-state index is 0.0594. The SMILES string of the molecule is C#CCN1CC(=O)N([C@H](C=O)CC(C)C)C(CN(C)C(C)CCC)N1C(=O)NCc1ccccc1. The summed E-state index contributed by atoms with van der Waals surface area (Å²) in [5, 5.41) is 6.14. The van der Waals surface area contributed by atoms with Gasteiger partial charge >= 0.3 is 6.03 Å². The van der Waals surface area contributed by atoms with E-state index in [1.165, 1.54) is 0 Å². The molecule has 0 spiro atoms. The van der Waals surface area contributed by atoms with Crippen molar-refractivity contribution < 1.29 is 14.4 Å². The van der Waals surface area contributed by atoms with Gasteiger partial charge in [-0.25, -0.2) is 9.80 Å². The Bertz CT molecular complexity index is 869. The molecule has 1 aliphatic heterocycles.